The van der Waals surface area contributed by atoms with Crippen molar-refractivity contribution in [2.24, 2.45) is 0 Å². The molecule has 0 atom stereocenters. The van der Waals surface area contributed by atoms with Crippen LogP contribution in [0, 0.1) is 11.8 Å². The number of aryl methyl sites for hydroxylation is 1. The Balaban J connectivity index is 1.54. The van der Waals surface area contributed by atoms with E-state index >= 15 is 0 Å². The van der Waals surface area contributed by atoms with E-state index in [2.05, 4.69) is 37.8 Å². The Labute approximate surface area is 220 Å². The van der Waals surface area contributed by atoms with Crippen LogP contribution in [0.1, 0.15) is 22.8 Å². The molecule has 2 amide bonds. The fraction of sp³-hybridized carbons (Fsp3) is 0.172. The summed E-state index contributed by atoms with van der Waals surface area (Å²) >= 11 is 0. The van der Waals surface area contributed by atoms with Gasteiger partial charge >= 0.3 is 0 Å². The number of carbonyl (C=O) groups excluding carboxylic acids is 2. The molecule has 9 nitrogen and oxygen atoms in total. The second-order valence-electron chi connectivity index (χ2n) is 8.18. The molecular weight excluding hydrogens is 482 g/mol. The van der Waals surface area contributed by atoms with Crippen LogP contribution < -0.4 is 20.7 Å². The minimum Gasteiger partial charge on any atom is -0.494 e. The molecule has 0 aliphatic rings. The van der Waals surface area contributed by atoms with E-state index in [0.717, 1.165) is 28.7 Å². The topological polar surface area (TPSA) is 114 Å². The number of anilines is 4. The van der Waals surface area contributed by atoms with E-state index in [-0.39, 0.29) is 12.5 Å². The average Bonchev–Trinajstić information content (AvgIpc) is 2.93. The lowest BCUT2D eigenvalue weighted by molar-refractivity contribution is -0.111. The van der Waals surface area contributed by atoms with Gasteiger partial charge in [-0.1, -0.05) is 12.8 Å². The highest BCUT2D eigenvalue weighted by Crippen LogP contribution is 2.34. The molecule has 0 aliphatic carbocycles. The molecule has 0 radical (unpaired) electrons. The summed E-state index contributed by atoms with van der Waals surface area (Å²) in [6, 6.07) is 16.2. The molecule has 3 N–H and O–H groups in total. The maximum atomic E-state index is 12.7. The normalized spacial score (nSPS) is 10.3. The molecular formula is C29H27N5O4. The average molecular weight is 510 g/mol. The van der Waals surface area contributed by atoms with Crippen LogP contribution in [0.3, 0.4) is 0 Å². The summed E-state index contributed by atoms with van der Waals surface area (Å²) in [5.74, 6) is 5.34. The zero-order valence-electron chi connectivity index (χ0n) is 21.3. The van der Waals surface area contributed by atoms with Crippen molar-refractivity contribution in [2.45, 2.75) is 13.3 Å². The van der Waals surface area contributed by atoms with E-state index < -0.39 is 5.91 Å². The molecule has 0 bridgehead atoms. The molecule has 2 heterocycles. The van der Waals surface area contributed by atoms with Gasteiger partial charge in [0.05, 0.1) is 18.3 Å². The number of carbonyl (C=O) groups is 2. The van der Waals surface area contributed by atoms with Gasteiger partial charge in [0.1, 0.15) is 18.2 Å². The smallest absolute Gasteiger partial charge is 0.300 e. The van der Waals surface area contributed by atoms with Crippen molar-refractivity contribution >= 4 is 45.6 Å². The van der Waals surface area contributed by atoms with Crippen LogP contribution in [0.4, 0.5) is 22.9 Å². The maximum Gasteiger partial charge on any atom is 0.300 e. The van der Waals surface area contributed by atoms with Crippen molar-refractivity contribution < 1.29 is 19.1 Å². The molecule has 4 aromatic rings. The number of pyridine rings is 2. The van der Waals surface area contributed by atoms with Gasteiger partial charge in [-0.2, -0.15) is 0 Å². The molecule has 0 unspecified atom stereocenters. The number of nitrogens with zero attached hydrogens (tertiary/aromatic N) is 2. The molecule has 0 fully saturated rings. The van der Waals surface area contributed by atoms with Crippen LogP contribution in [0.5, 0.6) is 5.75 Å². The van der Waals surface area contributed by atoms with E-state index in [4.69, 9.17) is 9.47 Å². The van der Waals surface area contributed by atoms with Gasteiger partial charge in [-0.05, 0) is 66.4 Å². The van der Waals surface area contributed by atoms with E-state index in [1.54, 1.807) is 36.7 Å². The zero-order valence-corrected chi connectivity index (χ0v) is 21.3. The number of nitrogens with one attached hydrogen (secondary N) is 3. The standard InChI is InChI=1S/C29H27N5O4/c1-4-19-11-13-31-27(16-19)34-29(36)20-7-9-21(10-8-20)32-23-12-14-30-24-18-26(38-3)25(17-22(23)24)33-28(35)6-5-15-37-2/h7-14,16-18H,4,15H2,1-3H3,(H,30,32)(H,33,35)(H,31,34,36). The predicted molar refractivity (Wildman–Crippen MR) is 148 cm³/mol. The summed E-state index contributed by atoms with van der Waals surface area (Å²) in [5, 5.41) is 9.70. The monoisotopic (exact) mass is 509 g/mol. The minimum absolute atomic E-state index is 0.156. The number of aromatic nitrogens is 2. The Morgan fingerprint density at radius 3 is 2.45 bits per heavy atom. The predicted octanol–water partition coefficient (Wildman–Crippen LogP) is 4.79. The molecule has 2 aromatic carbocycles. The summed E-state index contributed by atoms with van der Waals surface area (Å²) in [4.78, 5) is 33.6. The summed E-state index contributed by atoms with van der Waals surface area (Å²) < 4.78 is 10.3. The van der Waals surface area contributed by atoms with Crippen LogP contribution in [0.25, 0.3) is 10.9 Å². The quantitative estimate of drug-likeness (QED) is 0.293. The molecule has 4 rings (SSSR count). The number of hydrogen-bond acceptors (Lipinski definition) is 7. The fourth-order valence-corrected chi connectivity index (χ4v) is 3.70. The van der Waals surface area contributed by atoms with Crippen molar-refractivity contribution in [2.75, 3.05) is 36.8 Å². The van der Waals surface area contributed by atoms with Gasteiger partial charge in [0.15, 0.2) is 0 Å². The highest BCUT2D eigenvalue weighted by Gasteiger charge is 2.12. The second-order valence-corrected chi connectivity index (χ2v) is 8.18. The SMILES string of the molecule is CCc1ccnc(NC(=O)c2ccc(Nc3ccnc4cc(OC)c(NC(=O)C#CCOC)cc34)cc2)c1. The second kappa shape index (κ2) is 12.3. The number of rotatable bonds is 8. The molecule has 192 valence electrons. The summed E-state index contributed by atoms with van der Waals surface area (Å²) in [5.41, 5.74) is 4.26. The van der Waals surface area contributed by atoms with E-state index in [1.165, 1.54) is 14.2 Å². The minimum atomic E-state index is -0.483. The Hall–Kier alpha value is -4.94. The molecule has 2 aromatic heterocycles. The molecule has 0 aliphatic heterocycles. The van der Waals surface area contributed by atoms with E-state index in [1.807, 2.05) is 37.3 Å². The lowest BCUT2D eigenvalue weighted by Gasteiger charge is -2.14. The number of fused-ring (bicyclic) bond motifs is 1. The first-order valence-corrected chi connectivity index (χ1v) is 11.9. The Morgan fingerprint density at radius 1 is 0.921 bits per heavy atom. The number of amides is 2. The third-order valence-electron chi connectivity index (χ3n) is 5.63. The van der Waals surface area contributed by atoms with Gasteiger partial charge in [-0.3, -0.25) is 14.6 Å². The fourth-order valence-electron chi connectivity index (χ4n) is 3.70. The van der Waals surface area contributed by atoms with E-state index in [0.29, 0.717) is 28.3 Å². The number of hydrogen-bond donors (Lipinski definition) is 3. The van der Waals surface area contributed by atoms with Gasteiger partial charge in [0.2, 0.25) is 0 Å². The van der Waals surface area contributed by atoms with Crippen LogP contribution in [0.15, 0.2) is 67.0 Å². The van der Waals surface area contributed by atoms with Crippen molar-refractivity contribution in [1.29, 1.82) is 0 Å². The maximum absolute atomic E-state index is 12.7. The molecule has 0 saturated carbocycles. The first-order chi connectivity index (χ1) is 18.5. The van der Waals surface area contributed by atoms with Gasteiger partial charge in [0.25, 0.3) is 11.8 Å². The highest BCUT2D eigenvalue weighted by atomic mass is 16.5. The summed E-state index contributed by atoms with van der Waals surface area (Å²) in [7, 11) is 3.02. The Kier molecular flexibility index (Phi) is 8.49. The van der Waals surface area contributed by atoms with Gasteiger partial charge in [-0.25, -0.2) is 4.98 Å². The first kappa shape index (κ1) is 26.1. The molecule has 0 saturated heterocycles. The first-order valence-electron chi connectivity index (χ1n) is 11.9. The van der Waals surface area contributed by atoms with Crippen molar-refractivity contribution in [3.05, 3.63) is 78.1 Å². The van der Waals surface area contributed by atoms with Crippen LogP contribution in [-0.4, -0.2) is 42.6 Å². The van der Waals surface area contributed by atoms with Gasteiger partial charge in [-0.15, -0.1) is 0 Å². The van der Waals surface area contributed by atoms with Crippen molar-refractivity contribution in [3.63, 3.8) is 0 Å². The van der Waals surface area contributed by atoms with Crippen molar-refractivity contribution in [1.82, 2.24) is 9.97 Å². The number of methoxy groups -OCH3 is 2. The number of ether oxygens (including phenoxy) is 2. The van der Waals surface area contributed by atoms with Gasteiger partial charge in [0, 0.05) is 47.9 Å². The van der Waals surface area contributed by atoms with Crippen molar-refractivity contribution in [3.8, 4) is 17.6 Å². The summed E-state index contributed by atoms with van der Waals surface area (Å²) in [6.45, 7) is 2.20. The Morgan fingerprint density at radius 2 is 1.71 bits per heavy atom. The lowest BCUT2D eigenvalue weighted by Crippen LogP contribution is -2.13. The van der Waals surface area contributed by atoms with E-state index in [9.17, 15) is 9.59 Å². The van der Waals surface area contributed by atoms with Crippen LogP contribution >= 0.6 is 0 Å². The lowest BCUT2D eigenvalue weighted by atomic mass is 10.1. The summed E-state index contributed by atoms with van der Waals surface area (Å²) in [6.07, 6.45) is 4.22. The van der Waals surface area contributed by atoms with Gasteiger partial charge < -0.3 is 25.4 Å². The largest absolute Gasteiger partial charge is 0.494 e. The zero-order chi connectivity index (χ0) is 26.9. The number of benzene rings is 2. The Bertz CT molecular complexity index is 1520. The molecule has 0 spiro atoms. The highest BCUT2D eigenvalue weighted by molar-refractivity contribution is 6.07. The third kappa shape index (κ3) is 6.43. The molecule has 9 heteroatoms. The van der Waals surface area contributed by atoms with Crippen LogP contribution in [-0.2, 0) is 16.0 Å². The third-order valence-corrected chi connectivity index (χ3v) is 5.63. The molecule has 38 heavy (non-hydrogen) atoms. The van der Waals surface area contributed by atoms with Crippen LogP contribution in [0.2, 0.25) is 0 Å².